The lowest BCUT2D eigenvalue weighted by atomic mass is 10.2. The number of hydrogen-bond acceptors (Lipinski definition) is 3. The van der Waals surface area contributed by atoms with Crippen molar-refractivity contribution in [3.63, 3.8) is 0 Å². The molecule has 4 heteroatoms. The van der Waals surface area contributed by atoms with E-state index in [1.54, 1.807) is 18.0 Å². The molecule has 2 nitrogen and oxygen atoms in total. The summed E-state index contributed by atoms with van der Waals surface area (Å²) in [5.74, 6) is 1.29. The minimum Gasteiger partial charge on any atom is -0.300 e. The van der Waals surface area contributed by atoms with Gasteiger partial charge in [-0.1, -0.05) is 6.92 Å². The Bertz CT molecular complexity index is 330. The maximum Gasteiger partial charge on any atom is 0.132 e. The first-order valence-electron chi connectivity index (χ1n) is 4.99. The molecule has 0 fully saturated rings. The fraction of sp³-hybridized carbons (Fsp3) is 0.455. The third-order valence-electron chi connectivity index (χ3n) is 1.96. The Morgan fingerprint density at radius 1 is 1.60 bits per heavy atom. The fourth-order valence-corrected chi connectivity index (χ4v) is 2.51. The minimum absolute atomic E-state index is 0.343. The van der Waals surface area contributed by atoms with Crippen molar-refractivity contribution < 1.29 is 4.79 Å². The van der Waals surface area contributed by atoms with Gasteiger partial charge in [-0.2, -0.15) is 0 Å². The van der Waals surface area contributed by atoms with Crippen LogP contribution in [0, 0.1) is 0 Å². The number of aromatic nitrogens is 1. The Hall–Kier alpha value is -0.350. The van der Waals surface area contributed by atoms with E-state index in [0.29, 0.717) is 18.6 Å². The van der Waals surface area contributed by atoms with Crippen molar-refractivity contribution in [2.45, 2.75) is 31.2 Å². The van der Waals surface area contributed by atoms with E-state index in [-0.39, 0.29) is 0 Å². The quantitative estimate of drug-likeness (QED) is 0.590. The first-order valence-corrected chi connectivity index (χ1v) is 6.77. The lowest BCUT2D eigenvalue weighted by Gasteiger charge is -2.02. The third-order valence-corrected chi connectivity index (χ3v) is 3.95. The summed E-state index contributed by atoms with van der Waals surface area (Å²) < 4.78 is 1.02. The maximum absolute atomic E-state index is 11.1. The maximum atomic E-state index is 11.1. The van der Waals surface area contributed by atoms with Gasteiger partial charge in [0.15, 0.2) is 0 Å². The molecule has 0 N–H and O–H groups in total. The summed E-state index contributed by atoms with van der Waals surface area (Å²) in [6.07, 6.45) is 4.05. The Labute approximate surface area is 103 Å². The molecule has 0 amide bonds. The zero-order chi connectivity index (χ0) is 11.1. The number of pyridine rings is 1. The predicted molar refractivity (Wildman–Crippen MR) is 67.2 cm³/mol. The van der Waals surface area contributed by atoms with Gasteiger partial charge in [-0.15, -0.1) is 11.8 Å². The molecule has 1 heterocycles. The topological polar surface area (TPSA) is 30.0 Å². The molecule has 1 rings (SSSR count). The van der Waals surface area contributed by atoms with Crippen molar-refractivity contribution in [3.05, 3.63) is 22.8 Å². The standard InChI is InChI=1S/C11H14BrNOS/c1-2-9(14)5-4-8-15-11-10(12)6-3-7-13-11/h3,6-7H,2,4-5,8H2,1H3. The van der Waals surface area contributed by atoms with Gasteiger partial charge >= 0.3 is 0 Å². The Morgan fingerprint density at radius 3 is 3.07 bits per heavy atom. The molecule has 0 aromatic carbocycles. The number of thioether (sulfide) groups is 1. The molecule has 82 valence electrons. The molecule has 0 aliphatic heterocycles. The van der Waals surface area contributed by atoms with Crippen LogP contribution in [0.25, 0.3) is 0 Å². The summed E-state index contributed by atoms with van der Waals surface area (Å²) >= 11 is 5.13. The highest BCUT2D eigenvalue weighted by Gasteiger charge is 2.02. The smallest absolute Gasteiger partial charge is 0.132 e. The van der Waals surface area contributed by atoms with Crippen LogP contribution in [-0.4, -0.2) is 16.5 Å². The van der Waals surface area contributed by atoms with E-state index >= 15 is 0 Å². The predicted octanol–water partition coefficient (Wildman–Crippen LogP) is 3.70. The van der Waals surface area contributed by atoms with Crippen molar-refractivity contribution in [1.29, 1.82) is 0 Å². The molecular weight excluding hydrogens is 274 g/mol. The summed E-state index contributed by atoms with van der Waals surface area (Å²) in [6.45, 7) is 1.91. The lowest BCUT2D eigenvalue weighted by Crippen LogP contribution is -1.95. The van der Waals surface area contributed by atoms with Crippen LogP contribution in [0.5, 0.6) is 0 Å². The van der Waals surface area contributed by atoms with Gasteiger partial charge < -0.3 is 0 Å². The van der Waals surface area contributed by atoms with Crippen molar-refractivity contribution in [2.75, 3.05) is 5.75 Å². The number of carbonyl (C=O) groups excluding carboxylic acids is 1. The average molecular weight is 288 g/mol. The van der Waals surface area contributed by atoms with E-state index in [4.69, 9.17) is 0 Å². The number of carbonyl (C=O) groups is 1. The van der Waals surface area contributed by atoms with Crippen LogP contribution in [0.1, 0.15) is 26.2 Å². The molecule has 0 saturated heterocycles. The highest BCUT2D eigenvalue weighted by Crippen LogP contribution is 2.25. The van der Waals surface area contributed by atoms with E-state index in [2.05, 4.69) is 20.9 Å². The zero-order valence-electron chi connectivity index (χ0n) is 8.70. The first kappa shape index (κ1) is 12.7. The van der Waals surface area contributed by atoms with E-state index in [1.807, 2.05) is 19.1 Å². The first-order chi connectivity index (χ1) is 7.24. The number of hydrogen-bond donors (Lipinski definition) is 0. The van der Waals surface area contributed by atoms with Crippen LogP contribution in [0.2, 0.25) is 0 Å². The van der Waals surface area contributed by atoms with Gasteiger partial charge in [0.2, 0.25) is 0 Å². The van der Waals surface area contributed by atoms with Crippen molar-refractivity contribution in [2.24, 2.45) is 0 Å². The SMILES string of the molecule is CCC(=O)CCCSc1ncccc1Br. The molecule has 1 aromatic heterocycles. The van der Waals surface area contributed by atoms with Gasteiger partial charge in [-0.3, -0.25) is 4.79 Å². The third kappa shape index (κ3) is 4.80. The van der Waals surface area contributed by atoms with Crippen molar-refractivity contribution in [3.8, 4) is 0 Å². The van der Waals surface area contributed by atoms with Gasteiger partial charge in [-0.25, -0.2) is 4.98 Å². The molecular formula is C11H14BrNOS. The molecule has 0 radical (unpaired) electrons. The van der Waals surface area contributed by atoms with Gasteiger partial charge in [0.1, 0.15) is 10.8 Å². The molecule has 0 bridgehead atoms. The fourth-order valence-electron chi connectivity index (χ4n) is 1.09. The number of ketones is 1. The summed E-state index contributed by atoms with van der Waals surface area (Å²) in [7, 11) is 0. The van der Waals surface area contributed by atoms with Crippen LogP contribution in [0.3, 0.4) is 0 Å². The number of Topliss-reactive ketones (excluding diaryl/α,β-unsaturated/α-hetero) is 1. The molecule has 0 spiro atoms. The summed E-state index contributed by atoms with van der Waals surface area (Å²) in [4.78, 5) is 15.3. The Morgan fingerprint density at radius 2 is 2.40 bits per heavy atom. The van der Waals surface area contributed by atoms with E-state index in [9.17, 15) is 4.79 Å². The van der Waals surface area contributed by atoms with Crippen molar-refractivity contribution >= 4 is 33.5 Å². The normalized spacial score (nSPS) is 10.3. The molecule has 15 heavy (non-hydrogen) atoms. The van der Waals surface area contributed by atoms with Crippen LogP contribution in [-0.2, 0) is 4.79 Å². The number of nitrogens with zero attached hydrogens (tertiary/aromatic N) is 1. The minimum atomic E-state index is 0.343. The highest BCUT2D eigenvalue weighted by atomic mass is 79.9. The van der Waals surface area contributed by atoms with Crippen LogP contribution >= 0.6 is 27.7 Å². The Balaban J connectivity index is 2.26. The zero-order valence-corrected chi connectivity index (χ0v) is 11.1. The Kier molecular flexibility index (Phi) is 5.95. The second-order valence-corrected chi connectivity index (χ2v) is 5.07. The monoisotopic (exact) mass is 287 g/mol. The van der Waals surface area contributed by atoms with E-state index in [1.165, 1.54) is 0 Å². The largest absolute Gasteiger partial charge is 0.300 e. The van der Waals surface area contributed by atoms with Gasteiger partial charge in [0, 0.05) is 23.5 Å². The molecule has 0 aliphatic rings. The number of rotatable bonds is 6. The molecule has 1 aromatic rings. The summed E-state index contributed by atoms with van der Waals surface area (Å²) in [5, 5.41) is 1.00. The lowest BCUT2D eigenvalue weighted by molar-refractivity contribution is -0.118. The number of halogens is 1. The molecule has 0 atom stereocenters. The molecule has 0 aliphatic carbocycles. The molecule has 0 unspecified atom stereocenters. The van der Waals surface area contributed by atoms with Crippen molar-refractivity contribution in [1.82, 2.24) is 4.98 Å². The van der Waals surface area contributed by atoms with Gasteiger partial charge in [0.05, 0.1) is 0 Å². The summed E-state index contributed by atoms with van der Waals surface area (Å²) in [6, 6.07) is 3.88. The van der Waals surface area contributed by atoms with Crippen LogP contribution < -0.4 is 0 Å². The van der Waals surface area contributed by atoms with Crippen LogP contribution in [0.15, 0.2) is 27.8 Å². The molecule has 0 saturated carbocycles. The van der Waals surface area contributed by atoms with E-state index in [0.717, 1.165) is 21.7 Å². The second-order valence-electron chi connectivity index (χ2n) is 3.13. The second kappa shape index (κ2) is 7.01. The highest BCUT2D eigenvalue weighted by molar-refractivity contribution is 9.10. The van der Waals surface area contributed by atoms with Crippen LogP contribution in [0.4, 0.5) is 0 Å². The average Bonchev–Trinajstić information content (AvgIpc) is 2.26. The summed E-state index contributed by atoms with van der Waals surface area (Å²) in [5.41, 5.74) is 0. The van der Waals surface area contributed by atoms with Gasteiger partial charge in [-0.05, 0) is 40.2 Å². The van der Waals surface area contributed by atoms with E-state index < -0.39 is 0 Å². The van der Waals surface area contributed by atoms with Gasteiger partial charge in [0.25, 0.3) is 0 Å².